The van der Waals surface area contributed by atoms with Crippen molar-refractivity contribution < 1.29 is 4.39 Å². The molecule has 0 aliphatic carbocycles. The van der Waals surface area contributed by atoms with Gasteiger partial charge in [0.15, 0.2) is 0 Å². The minimum atomic E-state index is -0.385. The number of imidazole rings is 1. The molecule has 0 saturated carbocycles. The summed E-state index contributed by atoms with van der Waals surface area (Å²) in [5.41, 5.74) is 2.29. The Bertz CT molecular complexity index is 851. The third-order valence-electron chi connectivity index (χ3n) is 3.40. The zero-order chi connectivity index (χ0) is 14.3. The van der Waals surface area contributed by atoms with E-state index in [-0.39, 0.29) is 11.5 Å². The first-order chi connectivity index (χ1) is 9.58. The molecule has 3 aromatic rings. The molecule has 0 aliphatic rings. The average molecular weight is 291 g/mol. The van der Waals surface area contributed by atoms with Crippen LogP contribution >= 0.6 is 11.6 Å². The number of hydrogen-bond donors (Lipinski definition) is 0. The highest BCUT2D eigenvalue weighted by atomic mass is 35.5. The van der Waals surface area contributed by atoms with E-state index in [1.807, 2.05) is 24.3 Å². The molecule has 0 amide bonds. The van der Waals surface area contributed by atoms with E-state index in [0.717, 1.165) is 11.0 Å². The topological polar surface area (TPSA) is 26.9 Å². The lowest BCUT2D eigenvalue weighted by Gasteiger charge is -2.06. The summed E-state index contributed by atoms with van der Waals surface area (Å²) in [6.07, 6.45) is 0. The molecule has 0 bridgehead atoms. The number of aromatic nitrogens is 2. The predicted octanol–water partition coefficient (Wildman–Crippen LogP) is 3.18. The Hall–Kier alpha value is -2.07. The monoisotopic (exact) mass is 290 g/mol. The van der Waals surface area contributed by atoms with Gasteiger partial charge in [-0.3, -0.25) is 9.13 Å². The van der Waals surface area contributed by atoms with Gasteiger partial charge in [0, 0.05) is 12.1 Å². The van der Waals surface area contributed by atoms with Crippen LogP contribution in [0.15, 0.2) is 47.3 Å². The Morgan fingerprint density at radius 1 is 1.15 bits per heavy atom. The van der Waals surface area contributed by atoms with Gasteiger partial charge in [-0.05, 0) is 29.8 Å². The second kappa shape index (κ2) is 4.80. The number of para-hydroxylation sites is 2. The van der Waals surface area contributed by atoms with E-state index in [4.69, 9.17) is 11.6 Å². The lowest BCUT2D eigenvalue weighted by Crippen LogP contribution is -2.22. The van der Waals surface area contributed by atoms with Gasteiger partial charge in [-0.25, -0.2) is 9.18 Å². The third-order valence-corrected chi connectivity index (χ3v) is 3.75. The highest BCUT2D eigenvalue weighted by molar-refractivity contribution is 6.31. The van der Waals surface area contributed by atoms with Crippen molar-refractivity contribution in [3.63, 3.8) is 0 Å². The molecule has 3 rings (SSSR count). The van der Waals surface area contributed by atoms with E-state index in [9.17, 15) is 9.18 Å². The predicted molar refractivity (Wildman–Crippen MR) is 77.7 cm³/mol. The van der Waals surface area contributed by atoms with Gasteiger partial charge >= 0.3 is 5.69 Å². The van der Waals surface area contributed by atoms with Crippen molar-refractivity contribution in [2.24, 2.45) is 7.05 Å². The van der Waals surface area contributed by atoms with Crippen LogP contribution in [0.3, 0.4) is 0 Å². The zero-order valence-electron chi connectivity index (χ0n) is 10.8. The number of nitrogens with zero attached hydrogens (tertiary/aromatic N) is 2. The molecule has 1 heterocycles. The molecule has 2 aromatic carbocycles. The zero-order valence-corrected chi connectivity index (χ0v) is 11.6. The highest BCUT2D eigenvalue weighted by Gasteiger charge is 2.11. The maximum Gasteiger partial charge on any atom is 0.329 e. The van der Waals surface area contributed by atoms with E-state index >= 15 is 0 Å². The number of aryl methyl sites for hydroxylation is 1. The van der Waals surface area contributed by atoms with E-state index in [1.165, 1.54) is 12.1 Å². The second-order valence-corrected chi connectivity index (χ2v) is 5.06. The van der Waals surface area contributed by atoms with E-state index in [1.54, 1.807) is 22.2 Å². The van der Waals surface area contributed by atoms with Gasteiger partial charge in [0.25, 0.3) is 0 Å². The summed E-state index contributed by atoms with van der Waals surface area (Å²) in [4.78, 5) is 12.3. The molecule has 0 fully saturated rings. The number of rotatable bonds is 2. The largest absolute Gasteiger partial charge is 0.329 e. The normalized spacial score (nSPS) is 11.2. The van der Waals surface area contributed by atoms with Gasteiger partial charge in [-0.1, -0.05) is 29.8 Å². The molecule has 0 saturated heterocycles. The maximum atomic E-state index is 13.1. The average Bonchev–Trinajstić information content (AvgIpc) is 2.67. The molecular weight excluding hydrogens is 279 g/mol. The smallest absolute Gasteiger partial charge is 0.295 e. The first-order valence-corrected chi connectivity index (χ1v) is 6.54. The molecule has 20 heavy (non-hydrogen) atoms. The fraction of sp³-hybridized carbons (Fsp3) is 0.133. The summed E-state index contributed by atoms with van der Waals surface area (Å²) in [5.74, 6) is -0.385. The van der Waals surface area contributed by atoms with Crippen molar-refractivity contribution in [1.82, 2.24) is 9.13 Å². The van der Waals surface area contributed by atoms with Crippen LogP contribution < -0.4 is 5.69 Å². The van der Waals surface area contributed by atoms with Crippen molar-refractivity contribution in [2.45, 2.75) is 6.54 Å². The molecule has 0 N–H and O–H groups in total. The SMILES string of the molecule is Cn1c(=O)n(Cc2ccc(F)cc2Cl)c2ccccc21. The Labute approximate surface area is 119 Å². The summed E-state index contributed by atoms with van der Waals surface area (Å²) in [7, 11) is 1.73. The van der Waals surface area contributed by atoms with Crippen LogP contribution in [-0.4, -0.2) is 9.13 Å². The lowest BCUT2D eigenvalue weighted by atomic mass is 10.2. The summed E-state index contributed by atoms with van der Waals surface area (Å²) in [5, 5.41) is 0.324. The molecular formula is C15H12ClFN2O. The lowest BCUT2D eigenvalue weighted by molar-refractivity contribution is 0.626. The van der Waals surface area contributed by atoms with E-state index in [0.29, 0.717) is 17.1 Å². The summed E-state index contributed by atoms with van der Waals surface area (Å²) in [6.45, 7) is 0.319. The van der Waals surface area contributed by atoms with Crippen LogP contribution in [-0.2, 0) is 13.6 Å². The Morgan fingerprint density at radius 2 is 1.85 bits per heavy atom. The van der Waals surface area contributed by atoms with Gasteiger partial charge in [0.1, 0.15) is 5.82 Å². The molecule has 0 atom stereocenters. The van der Waals surface area contributed by atoms with Crippen LogP contribution in [0.25, 0.3) is 11.0 Å². The molecule has 5 heteroatoms. The maximum absolute atomic E-state index is 13.1. The summed E-state index contributed by atoms with van der Waals surface area (Å²) < 4.78 is 16.3. The van der Waals surface area contributed by atoms with Gasteiger partial charge in [-0.2, -0.15) is 0 Å². The third kappa shape index (κ3) is 2.02. The minimum Gasteiger partial charge on any atom is -0.295 e. The molecule has 0 spiro atoms. The van der Waals surface area contributed by atoms with Crippen molar-refractivity contribution >= 4 is 22.6 Å². The second-order valence-electron chi connectivity index (χ2n) is 4.65. The fourth-order valence-corrected chi connectivity index (χ4v) is 2.56. The number of hydrogen-bond acceptors (Lipinski definition) is 1. The van der Waals surface area contributed by atoms with Crippen LogP contribution in [0.1, 0.15) is 5.56 Å². The Balaban J connectivity index is 2.16. The molecule has 3 nitrogen and oxygen atoms in total. The van der Waals surface area contributed by atoms with Gasteiger partial charge in [-0.15, -0.1) is 0 Å². The van der Waals surface area contributed by atoms with Crippen molar-refractivity contribution in [1.29, 1.82) is 0 Å². The van der Waals surface area contributed by atoms with Crippen LogP contribution in [0, 0.1) is 5.82 Å². The molecule has 1 aromatic heterocycles. The molecule has 0 radical (unpaired) electrons. The van der Waals surface area contributed by atoms with Crippen molar-refractivity contribution in [3.8, 4) is 0 Å². The number of benzene rings is 2. The number of halogens is 2. The molecule has 102 valence electrons. The first kappa shape index (κ1) is 12.9. The van der Waals surface area contributed by atoms with Crippen molar-refractivity contribution in [2.75, 3.05) is 0 Å². The van der Waals surface area contributed by atoms with Crippen molar-refractivity contribution in [3.05, 3.63) is 69.4 Å². The van der Waals surface area contributed by atoms with Crippen LogP contribution in [0.5, 0.6) is 0 Å². The summed E-state index contributed by atoms with van der Waals surface area (Å²) >= 11 is 6.03. The van der Waals surface area contributed by atoms with E-state index in [2.05, 4.69) is 0 Å². The van der Waals surface area contributed by atoms with Gasteiger partial charge < -0.3 is 0 Å². The summed E-state index contributed by atoms with van der Waals surface area (Å²) in [6, 6.07) is 11.7. The fourth-order valence-electron chi connectivity index (χ4n) is 2.34. The standard InChI is InChI=1S/C15H12ClFN2O/c1-18-13-4-2-3-5-14(13)19(15(18)20)9-10-6-7-11(17)8-12(10)16/h2-8H,9H2,1H3. The van der Waals surface area contributed by atoms with Gasteiger partial charge in [0.05, 0.1) is 17.6 Å². The van der Waals surface area contributed by atoms with Gasteiger partial charge in [0.2, 0.25) is 0 Å². The number of fused-ring (bicyclic) bond motifs is 1. The molecule has 0 aliphatic heterocycles. The Morgan fingerprint density at radius 3 is 2.55 bits per heavy atom. The van der Waals surface area contributed by atoms with Crippen LogP contribution in [0.4, 0.5) is 4.39 Å². The van der Waals surface area contributed by atoms with Crippen LogP contribution in [0.2, 0.25) is 5.02 Å². The highest BCUT2D eigenvalue weighted by Crippen LogP contribution is 2.20. The van der Waals surface area contributed by atoms with E-state index < -0.39 is 0 Å². The Kier molecular flexibility index (Phi) is 3.10. The quantitative estimate of drug-likeness (QED) is 0.712. The first-order valence-electron chi connectivity index (χ1n) is 6.16. The molecule has 0 unspecified atom stereocenters. The minimum absolute atomic E-state index is 0.119.